The number of hydrogen-bond acceptors (Lipinski definition) is 7. The lowest BCUT2D eigenvalue weighted by Gasteiger charge is -2.19. The van der Waals surface area contributed by atoms with E-state index in [0.29, 0.717) is 6.42 Å². The third-order valence-electron chi connectivity index (χ3n) is 4.07. The SMILES string of the molecule is CCC1O[C@@H]2O[C@H](COC(=O)c3c(Cl)ccc(Cl)c3OC)[C@@H](O)[C@@H]2O1. The molecule has 0 bridgehead atoms. The maximum atomic E-state index is 12.4. The summed E-state index contributed by atoms with van der Waals surface area (Å²) in [7, 11) is 1.37. The number of rotatable bonds is 5. The van der Waals surface area contributed by atoms with Gasteiger partial charge in [-0.1, -0.05) is 30.1 Å². The van der Waals surface area contributed by atoms with Crippen molar-refractivity contribution in [2.24, 2.45) is 0 Å². The minimum absolute atomic E-state index is 0.0166. The summed E-state index contributed by atoms with van der Waals surface area (Å²) in [4.78, 5) is 12.4. The average molecular weight is 393 g/mol. The van der Waals surface area contributed by atoms with Gasteiger partial charge >= 0.3 is 5.97 Å². The summed E-state index contributed by atoms with van der Waals surface area (Å²) in [5.41, 5.74) is 0.0166. The Labute approximate surface area is 154 Å². The first-order chi connectivity index (χ1) is 12.0. The predicted octanol–water partition coefficient (Wildman–Crippen LogP) is 2.40. The van der Waals surface area contributed by atoms with Gasteiger partial charge in [0.2, 0.25) is 0 Å². The summed E-state index contributed by atoms with van der Waals surface area (Å²) >= 11 is 12.0. The highest BCUT2D eigenvalue weighted by atomic mass is 35.5. The van der Waals surface area contributed by atoms with E-state index in [2.05, 4.69) is 0 Å². The maximum Gasteiger partial charge on any atom is 0.343 e. The van der Waals surface area contributed by atoms with Crippen molar-refractivity contribution < 1.29 is 33.6 Å². The van der Waals surface area contributed by atoms with Gasteiger partial charge in [-0.15, -0.1) is 0 Å². The maximum absolute atomic E-state index is 12.4. The number of carbonyl (C=O) groups is 1. The van der Waals surface area contributed by atoms with Crippen molar-refractivity contribution >= 4 is 29.2 Å². The van der Waals surface area contributed by atoms with Crippen LogP contribution in [0, 0.1) is 0 Å². The first-order valence-corrected chi connectivity index (χ1v) is 8.55. The zero-order valence-corrected chi connectivity index (χ0v) is 15.1. The standard InChI is InChI=1S/C16H18Cl2O7/c1-3-10-24-14-12(19)9(23-16(14)25-10)6-22-15(20)11-7(17)4-5-8(18)13(11)21-2/h4-5,9-10,12,14,16,19H,3,6H2,1-2H3/t9-,10?,12-,14+,16+/m1/s1. The largest absolute Gasteiger partial charge is 0.494 e. The number of methoxy groups -OCH3 is 1. The van der Waals surface area contributed by atoms with Gasteiger partial charge in [0.1, 0.15) is 30.5 Å². The van der Waals surface area contributed by atoms with E-state index in [-0.39, 0.29) is 28.0 Å². The Morgan fingerprint density at radius 1 is 1.24 bits per heavy atom. The predicted molar refractivity (Wildman–Crippen MR) is 88.0 cm³/mol. The molecule has 2 aliphatic rings. The van der Waals surface area contributed by atoms with Crippen molar-refractivity contribution in [1.29, 1.82) is 0 Å². The Balaban J connectivity index is 1.64. The van der Waals surface area contributed by atoms with Crippen molar-refractivity contribution in [3.05, 3.63) is 27.7 Å². The second kappa shape index (κ2) is 7.65. The highest BCUT2D eigenvalue weighted by molar-refractivity contribution is 6.37. The van der Waals surface area contributed by atoms with Crippen molar-refractivity contribution in [2.45, 2.75) is 44.2 Å². The Kier molecular flexibility index (Phi) is 5.72. The molecule has 2 saturated heterocycles. The second-order valence-corrected chi connectivity index (χ2v) is 6.46. The fraction of sp³-hybridized carbons (Fsp3) is 0.562. The van der Waals surface area contributed by atoms with Gasteiger partial charge in [0.15, 0.2) is 18.3 Å². The van der Waals surface area contributed by atoms with Crippen molar-refractivity contribution in [1.82, 2.24) is 0 Å². The van der Waals surface area contributed by atoms with Gasteiger partial charge in [-0.3, -0.25) is 0 Å². The number of esters is 1. The number of aliphatic hydroxyl groups excluding tert-OH is 1. The molecule has 5 atom stereocenters. The first kappa shape index (κ1) is 18.7. The van der Waals surface area contributed by atoms with Gasteiger partial charge in [-0.25, -0.2) is 4.79 Å². The third kappa shape index (κ3) is 3.58. The van der Waals surface area contributed by atoms with Crippen LogP contribution in [0.15, 0.2) is 12.1 Å². The Bertz CT molecular complexity index is 654. The van der Waals surface area contributed by atoms with Crippen LogP contribution in [0.3, 0.4) is 0 Å². The van der Waals surface area contributed by atoms with Gasteiger partial charge in [0, 0.05) is 0 Å². The van der Waals surface area contributed by atoms with Crippen LogP contribution in [0.5, 0.6) is 5.75 Å². The van der Waals surface area contributed by atoms with Gasteiger partial charge in [-0.2, -0.15) is 0 Å². The Hall–Kier alpha value is -1.09. The summed E-state index contributed by atoms with van der Waals surface area (Å²) in [6, 6.07) is 2.99. The first-order valence-electron chi connectivity index (χ1n) is 7.79. The smallest absolute Gasteiger partial charge is 0.343 e. The topological polar surface area (TPSA) is 83.5 Å². The van der Waals surface area contributed by atoms with Crippen LogP contribution < -0.4 is 4.74 Å². The van der Waals surface area contributed by atoms with E-state index in [1.54, 1.807) is 0 Å². The van der Waals surface area contributed by atoms with E-state index in [0.717, 1.165) is 0 Å². The van der Waals surface area contributed by atoms with E-state index < -0.39 is 36.9 Å². The van der Waals surface area contributed by atoms with Crippen molar-refractivity contribution in [3.8, 4) is 5.75 Å². The van der Waals surface area contributed by atoms with Crippen LogP contribution >= 0.6 is 23.2 Å². The monoisotopic (exact) mass is 392 g/mol. The lowest BCUT2D eigenvalue weighted by molar-refractivity contribution is -0.174. The minimum Gasteiger partial charge on any atom is -0.494 e. The fourth-order valence-electron chi connectivity index (χ4n) is 2.80. The molecule has 2 heterocycles. The Morgan fingerprint density at radius 2 is 1.96 bits per heavy atom. The van der Waals surface area contributed by atoms with E-state index in [9.17, 15) is 9.90 Å². The molecule has 0 aromatic heterocycles. The van der Waals surface area contributed by atoms with Crippen LogP contribution in [0.4, 0.5) is 0 Å². The molecule has 0 radical (unpaired) electrons. The second-order valence-electron chi connectivity index (χ2n) is 5.64. The molecule has 138 valence electrons. The van der Waals surface area contributed by atoms with Crippen molar-refractivity contribution in [3.63, 3.8) is 0 Å². The molecule has 1 unspecified atom stereocenters. The molecule has 25 heavy (non-hydrogen) atoms. The summed E-state index contributed by atoms with van der Waals surface area (Å²) in [6.07, 6.45) is -2.75. The molecule has 0 spiro atoms. The van der Waals surface area contributed by atoms with Gasteiger partial charge in [0.25, 0.3) is 0 Å². The molecule has 1 aromatic carbocycles. The number of halogens is 2. The highest BCUT2D eigenvalue weighted by Crippen LogP contribution is 2.36. The number of aliphatic hydroxyl groups is 1. The number of ether oxygens (including phenoxy) is 5. The molecule has 2 aliphatic heterocycles. The minimum atomic E-state index is -0.967. The zero-order valence-electron chi connectivity index (χ0n) is 13.6. The molecule has 0 aliphatic carbocycles. The molecule has 7 nitrogen and oxygen atoms in total. The molecule has 2 fully saturated rings. The normalized spacial score (nSPS) is 31.0. The summed E-state index contributed by atoms with van der Waals surface area (Å²) in [6.45, 7) is 1.71. The van der Waals surface area contributed by atoms with Crippen LogP contribution in [-0.4, -0.2) is 55.7 Å². The van der Waals surface area contributed by atoms with Gasteiger partial charge in [0.05, 0.1) is 17.2 Å². The molecular formula is C16H18Cl2O7. The van der Waals surface area contributed by atoms with E-state index in [1.165, 1.54) is 19.2 Å². The molecular weight excluding hydrogens is 375 g/mol. The van der Waals surface area contributed by atoms with Gasteiger partial charge in [-0.05, 0) is 18.6 Å². The summed E-state index contributed by atoms with van der Waals surface area (Å²) < 4.78 is 26.9. The summed E-state index contributed by atoms with van der Waals surface area (Å²) in [5, 5.41) is 10.6. The molecule has 1 aromatic rings. The quantitative estimate of drug-likeness (QED) is 0.770. The van der Waals surface area contributed by atoms with Crippen LogP contribution in [0.1, 0.15) is 23.7 Å². The molecule has 1 N–H and O–H groups in total. The molecule has 0 amide bonds. The summed E-state index contributed by atoms with van der Waals surface area (Å²) in [5.74, 6) is -0.605. The third-order valence-corrected chi connectivity index (χ3v) is 4.68. The fourth-order valence-corrected chi connectivity index (χ4v) is 3.26. The van der Waals surface area contributed by atoms with Crippen LogP contribution in [0.2, 0.25) is 10.0 Å². The number of carbonyl (C=O) groups excluding carboxylic acids is 1. The van der Waals surface area contributed by atoms with E-state index in [1.807, 2.05) is 6.92 Å². The Morgan fingerprint density at radius 3 is 2.60 bits per heavy atom. The van der Waals surface area contributed by atoms with Crippen LogP contribution in [-0.2, 0) is 18.9 Å². The lowest BCUT2D eigenvalue weighted by Crippen LogP contribution is -2.35. The molecule has 3 rings (SSSR count). The lowest BCUT2D eigenvalue weighted by atomic mass is 10.1. The van der Waals surface area contributed by atoms with Crippen molar-refractivity contribution in [2.75, 3.05) is 13.7 Å². The average Bonchev–Trinajstić information content (AvgIpc) is 3.13. The van der Waals surface area contributed by atoms with Crippen LogP contribution in [0.25, 0.3) is 0 Å². The molecule has 9 heteroatoms. The number of hydrogen-bond donors (Lipinski definition) is 1. The number of fused-ring (bicyclic) bond motifs is 1. The number of benzene rings is 1. The van der Waals surface area contributed by atoms with E-state index in [4.69, 9.17) is 46.9 Å². The van der Waals surface area contributed by atoms with Gasteiger partial charge < -0.3 is 28.8 Å². The zero-order chi connectivity index (χ0) is 18.1. The molecule has 0 saturated carbocycles. The highest BCUT2D eigenvalue weighted by Gasteiger charge is 2.51. The van der Waals surface area contributed by atoms with E-state index >= 15 is 0 Å².